The highest BCUT2D eigenvalue weighted by Gasteiger charge is 2.37. The van der Waals surface area contributed by atoms with Crippen molar-refractivity contribution in [2.24, 2.45) is 0 Å². The van der Waals surface area contributed by atoms with E-state index in [1.807, 2.05) is 12.1 Å². The van der Waals surface area contributed by atoms with Gasteiger partial charge in [-0.3, -0.25) is 0 Å². The molecule has 0 saturated heterocycles. The van der Waals surface area contributed by atoms with E-state index in [0.29, 0.717) is 18.3 Å². The molecule has 2 aromatic rings. The topological polar surface area (TPSA) is 63.8 Å². The molecule has 1 aliphatic carbocycles. The van der Waals surface area contributed by atoms with Crippen LogP contribution in [-0.4, -0.2) is 16.5 Å². The Kier molecular flexibility index (Phi) is 3.73. The molecule has 0 aliphatic heterocycles. The summed E-state index contributed by atoms with van der Waals surface area (Å²) in [6.07, 6.45) is 5.81. The van der Waals surface area contributed by atoms with Gasteiger partial charge in [-0.15, -0.1) is 0 Å². The molecule has 1 aromatic heterocycles. The van der Waals surface area contributed by atoms with E-state index >= 15 is 0 Å². The van der Waals surface area contributed by atoms with Crippen LogP contribution in [0.15, 0.2) is 36.5 Å². The molecule has 1 fully saturated rings. The molecule has 5 heteroatoms. The maximum Gasteiger partial charge on any atom is 0.224 e. The Hall–Kier alpha value is -2.17. The predicted octanol–water partition coefficient (Wildman–Crippen LogP) is 3.12. The molecule has 0 unspecified atom stereocenters. The molecule has 0 spiro atoms. The number of benzene rings is 1. The predicted molar refractivity (Wildman–Crippen MR) is 81.5 cm³/mol. The fourth-order valence-electron chi connectivity index (χ4n) is 3.19. The van der Waals surface area contributed by atoms with Crippen LogP contribution in [0.3, 0.4) is 0 Å². The van der Waals surface area contributed by atoms with Gasteiger partial charge in [-0.1, -0.05) is 31.0 Å². The number of aromatic nitrogens is 2. The van der Waals surface area contributed by atoms with E-state index in [0.717, 1.165) is 31.2 Å². The summed E-state index contributed by atoms with van der Waals surface area (Å²) >= 11 is 0. The summed E-state index contributed by atoms with van der Waals surface area (Å²) in [5, 5.41) is 3.23. The van der Waals surface area contributed by atoms with Gasteiger partial charge in [-0.2, -0.15) is 4.98 Å². The van der Waals surface area contributed by atoms with Crippen LogP contribution in [0.2, 0.25) is 0 Å². The van der Waals surface area contributed by atoms with Gasteiger partial charge >= 0.3 is 0 Å². The van der Waals surface area contributed by atoms with Crippen molar-refractivity contribution >= 4 is 11.8 Å². The molecule has 3 rings (SSSR count). The van der Waals surface area contributed by atoms with Crippen molar-refractivity contribution < 1.29 is 4.39 Å². The Morgan fingerprint density at radius 1 is 1.19 bits per heavy atom. The van der Waals surface area contributed by atoms with Gasteiger partial charge in [0.25, 0.3) is 0 Å². The van der Waals surface area contributed by atoms with Gasteiger partial charge in [0.15, 0.2) is 0 Å². The van der Waals surface area contributed by atoms with E-state index in [-0.39, 0.29) is 11.2 Å². The molecule has 1 heterocycles. The van der Waals surface area contributed by atoms with Crippen molar-refractivity contribution in [3.05, 3.63) is 47.9 Å². The number of rotatable bonds is 4. The third kappa shape index (κ3) is 2.82. The summed E-state index contributed by atoms with van der Waals surface area (Å²) in [6, 6.07) is 8.70. The van der Waals surface area contributed by atoms with Crippen LogP contribution in [0.4, 0.5) is 16.2 Å². The highest BCUT2D eigenvalue weighted by molar-refractivity contribution is 5.37. The SMILES string of the molecule is Nc1ccnc(NCC2(c3ccccc3F)CCCC2)n1. The molecule has 1 saturated carbocycles. The Bertz CT molecular complexity index is 623. The number of nitrogens with zero attached hydrogens (tertiary/aromatic N) is 2. The largest absolute Gasteiger partial charge is 0.384 e. The van der Waals surface area contributed by atoms with Crippen LogP contribution in [0.25, 0.3) is 0 Å². The van der Waals surface area contributed by atoms with Crippen molar-refractivity contribution in [2.45, 2.75) is 31.1 Å². The normalized spacial score (nSPS) is 16.8. The molecule has 4 nitrogen and oxygen atoms in total. The second kappa shape index (κ2) is 5.68. The smallest absolute Gasteiger partial charge is 0.224 e. The number of nitrogens with two attached hydrogens (primary N) is 1. The maximum atomic E-state index is 14.2. The van der Waals surface area contributed by atoms with Crippen LogP contribution in [-0.2, 0) is 5.41 Å². The molecule has 21 heavy (non-hydrogen) atoms. The van der Waals surface area contributed by atoms with Crippen molar-refractivity contribution in [2.75, 3.05) is 17.6 Å². The third-order valence-electron chi connectivity index (χ3n) is 4.27. The van der Waals surface area contributed by atoms with Crippen molar-refractivity contribution in [3.8, 4) is 0 Å². The standard InChI is InChI=1S/C16H19FN4/c17-13-6-2-1-5-12(13)16(8-3-4-9-16)11-20-15-19-10-7-14(18)21-15/h1-2,5-7,10H,3-4,8-9,11H2,(H3,18,19,20,21). The average molecular weight is 286 g/mol. The zero-order valence-corrected chi connectivity index (χ0v) is 11.8. The molecule has 1 aliphatic rings. The number of anilines is 2. The number of hydrogen-bond donors (Lipinski definition) is 2. The van der Waals surface area contributed by atoms with E-state index < -0.39 is 0 Å². The van der Waals surface area contributed by atoms with Crippen molar-refractivity contribution in [3.63, 3.8) is 0 Å². The van der Waals surface area contributed by atoms with Gasteiger partial charge in [0.05, 0.1) is 0 Å². The molecule has 1 aromatic carbocycles. The molecular weight excluding hydrogens is 267 g/mol. The van der Waals surface area contributed by atoms with Crippen molar-refractivity contribution in [1.82, 2.24) is 9.97 Å². The lowest BCUT2D eigenvalue weighted by molar-refractivity contribution is 0.437. The number of nitrogens with one attached hydrogen (secondary N) is 1. The highest BCUT2D eigenvalue weighted by Crippen LogP contribution is 2.42. The number of nitrogen functional groups attached to an aromatic ring is 1. The monoisotopic (exact) mass is 286 g/mol. The molecular formula is C16H19FN4. The fraction of sp³-hybridized carbons (Fsp3) is 0.375. The minimum atomic E-state index is -0.181. The lowest BCUT2D eigenvalue weighted by Crippen LogP contribution is -2.33. The molecule has 0 amide bonds. The Morgan fingerprint density at radius 3 is 2.67 bits per heavy atom. The second-order valence-corrected chi connectivity index (χ2v) is 5.63. The Labute approximate surface area is 123 Å². The first-order valence-electron chi connectivity index (χ1n) is 7.27. The van der Waals surface area contributed by atoms with E-state index in [2.05, 4.69) is 15.3 Å². The molecule has 3 N–H and O–H groups in total. The van der Waals surface area contributed by atoms with Crippen LogP contribution in [0.5, 0.6) is 0 Å². The molecule has 0 bridgehead atoms. The van der Waals surface area contributed by atoms with E-state index in [1.54, 1.807) is 18.3 Å². The first-order valence-corrected chi connectivity index (χ1v) is 7.27. The first-order chi connectivity index (χ1) is 10.2. The third-order valence-corrected chi connectivity index (χ3v) is 4.27. The minimum absolute atomic E-state index is 0.130. The van der Waals surface area contributed by atoms with Crippen LogP contribution >= 0.6 is 0 Å². The fourth-order valence-corrected chi connectivity index (χ4v) is 3.19. The van der Waals surface area contributed by atoms with E-state index in [9.17, 15) is 4.39 Å². The van der Waals surface area contributed by atoms with Gasteiger partial charge in [-0.25, -0.2) is 9.37 Å². The lowest BCUT2D eigenvalue weighted by Gasteiger charge is -2.30. The highest BCUT2D eigenvalue weighted by atomic mass is 19.1. The molecule has 0 atom stereocenters. The summed E-state index contributed by atoms with van der Waals surface area (Å²) in [7, 11) is 0. The molecule has 110 valence electrons. The van der Waals surface area contributed by atoms with Crippen molar-refractivity contribution in [1.29, 1.82) is 0 Å². The second-order valence-electron chi connectivity index (χ2n) is 5.63. The van der Waals surface area contributed by atoms with E-state index in [1.165, 1.54) is 6.07 Å². The maximum absolute atomic E-state index is 14.2. The summed E-state index contributed by atoms with van der Waals surface area (Å²) in [4.78, 5) is 8.29. The van der Waals surface area contributed by atoms with Crippen LogP contribution < -0.4 is 11.1 Å². The zero-order valence-electron chi connectivity index (χ0n) is 11.8. The molecule has 0 radical (unpaired) electrons. The van der Waals surface area contributed by atoms with E-state index in [4.69, 9.17) is 5.73 Å². The first kappa shape index (κ1) is 13.8. The van der Waals surface area contributed by atoms with Gasteiger partial charge in [0, 0.05) is 18.2 Å². The average Bonchev–Trinajstić information content (AvgIpc) is 2.96. The lowest BCUT2D eigenvalue weighted by atomic mass is 9.78. The summed E-state index contributed by atoms with van der Waals surface area (Å²) in [5.41, 5.74) is 6.27. The van der Waals surface area contributed by atoms with Crippen LogP contribution in [0, 0.1) is 5.82 Å². The van der Waals surface area contributed by atoms with Gasteiger partial charge in [0.2, 0.25) is 5.95 Å². The summed E-state index contributed by atoms with van der Waals surface area (Å²) in [5.74, 6) is 0.797. The minimum Gasteiger partial charge on any atom is -0.384 e. The van der Waals surface area contributed by atoms with Gasteiger partial charge < -0.3 is 11.1 Å². The summed E-state index contributed by atoms with van der Waals surface area (Å²) in [6.45, 7) is 0.622. The van der Waals surface area contributed by atoms with Crippen LogP contribution in [0.1, 0.15) is 31.2 Å². The van der Waals surface area contributed by atoms with Gasteiger partial charge in [-0.05, 0) is 30.5 Å². The number of halogens is 1. The number of hydrogen-bond acceptors (Lipinski definition) is 4. The van der Waals surface area contributed by atoms with Gasteiger partial charge in [0.1, 0.15) is 11.6 Å². The Morgan fingerprint density at radius 2 is 1.95 bits per heavy atom. The Balaban J connectivity index is 1.84. The zero-order chi connectivity index (χ0) is 14.7. The summed E-state index contributed by atoms with van der Waals surface area (Å²) < 4.78 is 14.2. The quantitative estimate of drug-likeness (QED) is 0.906.